The van der Waals surface area contributed by atoms with Gasteiger partial charge in [0, 0.05) is 22.4 Å². The molecule has 2 rings (SSSR count). The summed E-state index contributed by atoms with van der Waals surface area (Å²) in [6.45, 7) is 7.35. The van der Waals surface area contributed by atoms with Gasteiger partial charge in [0.1, 0.15) is 11.6 Å². The molecule has 114 valence electrons. The molecule has 6 heteroatoms. The van der Waals surface area contributed by atoms with Gasteiger partial charge >= 0.3 is 0 Å². The van der Waals surface area contributed by atoms with E-state index in [-0.39, 0.29) is 6.04 Å². The van der Waals surface area contributed by atoms with Gasteiger partial charge in [0.15, 0.2) is 5.16 Å². The second-order valence-corrected chi connectivity index (χ2v) is 6.96. The smallest absolute Gasteiger partial charge is 0.191 e. The molecule has 0 saturated carbocycles. The molecular formula is C15H22N4S2. The van der Waals surface area contributed by atoms with Gasteiger partial charge in [0.05, 0.1) is 6.04 Å². The summed E-state index contributed by atoms with van der Waals surface area (Å²) in [5.74, 6) is 1.75. The lowest BCUT2D eigenvalue weighted by Crippen LogP contribution is -2.09. The number of hydrogen-bond acceptors (Lipinski definition) is 6. The van der Waals surface area contributed by atoms with Crippen LogP contribution in [0.3, 0.4) is 0 Å². The van der Waals surface area contributed by atoms with Crippen molar-refractivity contribution in [3.8, 4) is 0 Å². The number of aromatic nitrogens is 2. The van der Waals surface area contributed by atoms with Crippen LogP contribution in [0.1, 0.15) is 36.1 Å². The van der Waals surface area contributed by atoms with Crippen molar-refractivity contribution in [3.05, 3.63) is 28.0 Å². The van der Waals surface area contributed by atoms with Gasteiger partial charge in [-0.3, -0.25) is 0 Å². The molecule has 0 aliphatic carbocycles. The highest BCUT2D eigenvalue weighted by atomic mass is 32.2. The van der Waals surface area contributed by atoms with E-state index in [1.54, 1.807) is 11.8 Å². The van der Waals surface area contributed by atoms with Gasteiger partial charge in [0.25, 0.3) is 0 Å². The number of rotatable bonds is 7. The number of nitrogens with one attached hydrogen (secondary N) is 2. The van der Waals surface area contributed by atoms with Crippen molar-refractivity contribution < 1.29 is 0 Å². The standard InChI is InChI=1S/C15H22N4S2/c1-5-8-16-13-9-14(19-15(18-13)20-4)17-11(3)12-7-6-10(2)21-12/h6-7,9,11H,5,8H2,1-4H3,(H2,16,17,18,19). The van der Waals surface area contributed by atoms with Crippen molar-refractivity contribution >= 4 is 34.7 Å². The highest BCUT2D eigenvalue weighted by Gasteiger charge is 2.10. The van der Waals surface area contributed by atoms with Crippen LogP contribution >= 0.6 is 23.1 Å². The van der Waals surface area contributed by atoms with Crippen molar-refractivity contribution in [3.63, 3.8) is 0 Å². The predicted molar refractivity (Wildman–Crippen MR) is 93.7 cm³/mol. The lowest BCUT2D eigenvalue weighted by Gasteiger charge is -2.14. The maximum absolute atomic E-state index is 4.54. The van der Waals surface area contributed by atoms with Gasteiger partial charge in [-0.25, -0.2) is 9.97 Å². The van der Waals surface area contributed by atoms with Crippen molar-refractivity contribution in [2.24, 2.45) is 0 Å². The molecule has 0 spiro atoms. The molecule has 0 amide bonds. The van der Waals surface area contributed by atoms with E-state index in [0.29, 0.717) is 0 Å². The van der Waals surface area contributed by atoms with Gasteiger partial charge in [0.2, 0.25) is 0 Å². The molecule has 0 aliphatic rings. The summed E-state index contributed by atoms with van der Waals surface area (Å²) in [5, 5.41) is 7.58. The summed E-state index contributed by atoms with van der Waals surface area (Å²) in [4.78, 5) is 11.7. The molecule has 0 saturated heterocycles. The van der Waals surface area contributed by atoms with E-state index < -0.39 is 0 Å². The van der Waals surface area contributed by atoms with E-state index in [0.717, 1.165) is 29.8 Å². The molecule has 21 heavy (non-hydrogen) atoms. The van der Waals surface area contributed by atoms with E-state index in [9.17, 15) is 0 Å². The molecule has 0 aliphatic heterocycles. The Labute approximate surface area is 134 Å². The predicted octanol–water partition coefficient (Wildman–Crippen LogP) is 4.56. The highest BCUT2D eigenvalue weighted by Crippen LogP contribution is 2.26. The molecule has 2 aromatic heterocycles. The fourth-order valence-corrected chi connectivity index (χ4v) is 3.17. The molecular weight excluding hydrogens is 300 g/mol. The molecule has 2 N–H and O–H groups in total. The Hall–Kier alpha value is -1.27. The van der Waals surface area contributed by atoms with Crippen LogP contribution < -0.4 is 10.6 Å². The topological polar surface area (TPSA) is 49.8 Å². The molecule has 4 nitrogen and oxygen atoms in total. The summed E-state index contributed by atoms with van der Waals surface area (Å²) in [6.07, 6.45) is 3.07. The van der Waals surface area contributed by atoms with Crippen LogP contribution in [0.5, 0.6) is 0 Å². The first kappa shape index (κ1) is 16.1. The maximum Gasteiger partial charge on any atom is 0.191 e. The van der Waals surface area contributed by atoms with E-state index in [1.165, 1.54) is 9.75 Å². The van der Waals surface area contributed by atoms with Gasteiger partial charge in [-0.15, -0.1) is 11.3 Å². The fraction of sp³-hybridized carbons (Fsp3) is 0.467. The number of thiophene rings is 1. The number of hydrogen-bond donors (Lipinski definition) is 2. The Kier molecular flexibility index (Phi) is 5.87. The summed E-state index contributed by atoms with van der Waals surface area (Å²) >= 11 is 3.37. The average molecular weight is 323 g/mol. The minimum Gasteiger partial charge on any atom is -0.370 e. The van der Waals surface area contributed by atoms with Crippen LogP contribution in [0.15, 0.2) is 23.4 Å². The van der Waals surface area contributed by atoms with E-state index in [2.05, 4.69) is 53.5 Å². The Morgan fingerprint density at radius 1 is 1.29 bits per heavy atom. The van der Waals surface area contributed by atoms with Gasteiger partial charge in [-0.2, -0.15) is 0 Å². The Morgan fingerprint density at radius 2 is 2.05 bits per heavy atom. The number of nitrogens with zero attached hydrogens (tertiary/aromatic N) is 2. The quantitative estimate of drug-likeness (QED) is 0.578. The van der Waals surface area contributed by atoms with Gasteiger partial charge in [-0.1, -0.05) is 18.7 Å². The van der Waals surface area contributed by atoms with Crippen molar-refractivity contribution in [1.29, 1.82) is 0 Å². The van der Waals surface area contributed by atoms with Gasteiger partial charge in [-0.05, 0) is 38.7 Å². The maximum atomic E-state index is 4.54. The number of thioether (sulfide) groups is 1. The number of anilines is 2. The third kappa shape index (κ3) is 4.61. The third-order valence-corrected chi connectivity index (χ3v) is 4.73. The van der Waals surface area contributed by atoms with Crippen LogP contribution in [-0.2, 0) is 0 Å². The summed E-state index contributed by atoms with van der Waals surface area (Å²) in [6, 6.07) is 6.55. The molecule has 2 aromatic rings. The summed E-state index contributed by atoms with van der Waals surface area (Å²) in [5.41, 5.74) is 0. The molecule has 2 heterocycles. The first-order valence-electron chi connectivity index (χ1n) is 7.12. The normalized spacial score (nSPS) is 12.2. The molecule has 0 bridgehead atoms. The largest absolute Gasteiger partial charge is 0.370 e. The molecule has 1 unspecified atom stereocenters. The zero-order valence-corrected chi connectivity index (χ0v) is 14.6. The second kappa shape index (κ2) is 7.66. The second-order valence-electron chi connectivity index (χ2n) is 4.87. The van der Waals surface area contributed by atoms with Crippen molar-refractivity contribution in [2.45, 2.75) is 38.4 Å². The van der Waals surface area contributed by atoms with Crippen LogP contribution in [-0.4, -0.2) is 22.8 Å². The third-order valence-electron chi connectivity index (χ3n) is 3.00. The molecule has 0 aromatic carbocycles. The molecule has 0 radical (unpaired) electrons. The monoisotopic (exact) mass is 322 g/mol. The van der Waals surface area contributed by atoms with Gasteiger partial charge < -0.3 is 10.6 Å². The molecule has 1 atom stereocenters. The van der Waals surface area contributed by atoms with Crippen LogP contribution in [0, 0.1) is 6.92 Å². The minimum absolute atomic E-state index is 0.243. The fourth-order valence-electron chi connectivity index (χ4n) is 1.91. The first-order chi connectivity index (χ1) is 10.1. The Balaban J connectivity index is 2.14. The van der Waals surface area contributed by atoms with E-state index in [1.807, 2.05) is 23.7 Å². The first-order valence-corrected chi connectivity index (χ1v) is 9.16. The zero-order chi connectivity index (χ0) is 15.2. The van der Waals surface area contributed by atoms with Crippen molar-refractivity contribution in [1.82, 2.24) is 9.97 Å². The van der Waals surface area contributed by atoms with Crippen LogP contribution in [0.4, 0.5) is 11.6 Å². The lowest BCUT2D eigenvalue weighted by atomic mass is 10.2. The van der Waals surface area contributed by atoms with Crippen molar-refractivity contribution in [2.75, 3.05) is 23.4 Å². The highest BCUT2D eigenvalue weighted by molar-refractivity contribution is 7.98. The Bertz CT molecular complexity index is 583. The zero-order valence-electron chi connectivity index (χ0n) is 12.9. The van der Waals surface area contributed by atoms with E-state index >= 15 is 0 Å². The average Bonchev–Trinajstić information content (AvgIpc) is 2.91. The summed E-state index contributed by atoms with van der Waals surface area (Å²) < 4.78 is 0. The van der Waals surface area contributed by atoms with E-state index in [4.69, 9.17) is 0 Å². The van der Waals surface area contributed by atoms with Crippen LogP contribution in [0.25, 0.3) is 0 Å². The van der Waals surface area contributed by atoms with Crippen LogP contribution in [0.2, 0.25) is 0 Å². The lowest BCUT2D eigenvalue weighted by molar-refractivity contribution is 0.868. The SMILES string of the molecule is CCCNc1cc(NC(C)c2ccc(C)s2)nc(SC)n1. The molecule has 0 fully saturated rings. The summed E-state index contributed by atoms with van der Waals surface area (Å²) in [7, 11) is 0. The Morgan fingerprint density at radius 3 is 2.67 bits per heavy atom. The number of aryl methyl sites for hydroxylation is 1. The minimum atomic E-state index is 0.243.